The van der Waals surface area contributed by atoms with Crippen LogP contribution in [0.5, 0.6) is 0 Å². The van der Waals surface area contributed by atoms with Crippen LogP contribution in [0.3, 0.4) is 0 Å². The molecule has 1 aromatic carbocycles. The predicted molar refractivity (Wildman–Crippen MR) is 76.1 cm³/mol. The molecule has 0 radical (unpaired) electrons. The van der Waals surface area contributed by atoms with Crippen LogP contribution in [0.4, 0.5) is 0 Å². The molecule has 3 fully saturated rings. The largest absolute Gasteiger partial charge is 0.241 e. The minimum atomic E-state index is -3.39. The molecule has 0 saturated heterocycles. The Balaban J connectivity index is 1.57. The van der Waals surface area contributed by atoms with Gasteiger partial charge in [-0.3, -0.25) is 0 Å². The van der Waals surface area contributed by atoms with Gasteiger partial charge in [-0.15, -0.1) is 0 Å². The van der Waals surface area contributed by atoms with E-state index >= 15 is 0 Å². The maximum absolute atomic E-state index is 12.4. The van der Waals surface area contributed by atoms with Crippen molar-refractivity contribution in [2.45, 2.75) is 30.2 Å². The third-order valence-corrected chi connectivity index (χ3v) is 7.62. The Morgan fingerprint density at radius 1 is 1.11 bits per heavy atom. The van der Waals surface area contributed by atoms with Crippen molar-refractivity contribution in [3.05, 3.63) is 28.7 Å². The van der Waals surface area contributed by atoms with Gasteiger partial charge >= 0.3 is 0 Å². The van der Waals surface area contributed by atoms with Gasteiger partial charge in [0.1, 0.15) is 0 Å². The zero-order valence-corrected chi connectivity index (χ0v) is 12.8. The number of sulfonamides is 1. The van der Waals surface area contributed by atoms with E-state index in [9.17, 15) is 8.42 Å². The molecule has 4 unspecified atom stereocenters. The van der Waals surface area contributed by atoms with Gasteiger partial charge in [0.15, 0.2) is 0 Å². The van der Waals surface area contributed by atoms with Crippen molar-refractivity contribution < 1.29 is 8.42 Å². The fraction of sp³-hybridized carbons (Fsp3) is 0.571. The van der Waals surface area contributed by atoms with E-state index < -0.39 is 10.0 Å². The second-order valence-corrected chi connectivity index (χ2v) is 8.60. The first-order valence-corrected chi connectivity index (χ1v) is 9.12. The van der Waals surface area contributed by atoms with Crippen molar-refractivity contribution in [1.82, 2.24) is 4.72 Å². The number of rotatable bonds is 3. The van der Waals surface area contributed by atoms with Crippen LogP contribution in [-0.2, 0) is 10.0 Å². The average Bonchev–Trinajstić information content (AvgIpc) is 2.77. The Bertz CT molecular complexity index is 614. The standard InChI is InChI=1S/C14H16BrNO2S/c15-10-3-1-2-4-11(10)19(17,18)16-14-12-8-5-6-9(7-8)13(12)14/h1-4,8-9,12-14,16H,5-7H2. The summed E-state index contributed by atoms with van der Waals surface area (Å²) in [5.41, 5.74) is 0. The van der Waals surface area contributed by atoms with Crippen molar-refractivity contribution in [3.63, 3.8) is 0 Å². The monoisotopic (exact) mass is 341 g/mol. The quantitative estimate of drug-likeness (QED) is 0.918. The van der Waals surface area contributed by atoms with Crippen molar-refractivity contribution in [2.24, 2.45) is 23.7 Å². The number of nitrogens with one attached hydrogen (secondary N) is 1. The van der Waals surface area contributed by atoms with Crippen molar-refractivity contribution in [1.29, 1.82) is 0 Å². The zero-order chi connectivity index (χ0) is 13.2. The molecule has 3 saturated carbocycles. The van der Waals surface area contributed by atoms with Crippen LogP contribution in [0.25, 0.3) is 0 Å². The summed E-state index contributed by atoms with van der Waals surface area (Å²) in [5, 5.41) is 0. The summed E-state index contributed by atoms with van der Waals surface area (Å²) in [6.07, 6.45) is 3.95. The van der Waals surface area contributed by atoms with E-state index in [1.165, 1.54) is 19.3 Å². The van der Waals surface area contributed by atoms with Crippen molar-refractivity contribution in [2.75, 3.05) is 0 Å². The van der Waals surface area contributed by atoms with Gasteiger partial charge in [-0.1, -0.05) is 12.1 Å². The molecule has 3 aliphatic carbocycles. The summed E-state index contributed by atoms with van der Waals surface area (Å²) >= 11 is 3.32. The lowest BCUT2D eigenvalue weighted by Gasteiger charge is -2.12. The van der Waals surface area contributed by atoms with Gasteiger partial charge < -0.3 is 0 Å². The number of fused-ring (bicyclic) bond motifs is 5. The lowest BCUT2D eigenvalue weighted by atomic mass is 10.0. The Hall–Kier alpha value is -0.390. The van der Waals surface area contributed by atoms with Crippen LogP contribution in [0.15, 0.2) is 33.6 Å². The van der Waals surface area contributed by atoms with Crippen LogP contribution < -0.4 is 4.72 Å². The second-order valence-electron chi connectivity index (χ2n) is 6.07. The molecule has 1 N–H and O–H groups in total. The lowest BCUT2D eigenvalue weighted by molar-refractivity contribution is 0.456. The molecule has 19 heavy (non-hydrogen) atoms. The summed E-state index contributed by atoms with van der Waals surface area (Å²) < 4.78 is 28.4. The summed E-state index contributed by atoms with van der Waals surface area (Å²) in [5.74, 6) is 2.80. The van der Waals surface area contributed by atoms with Gasteiger partial charge in [-0.05, 0) is 71.0 Å². The Labute approximate surface area is 122 Å². The van der Waals surface area contributed by atoms with Crippen LogP contribution in [0.1, 0.15) is 19.3 Å². The number of hydrogen-bond acceptors (Lipinski definition) is 2. The Morgan fingerprint density at radius 3 is 2.37 bits per heavy atom. The molecular weight excluding hydrogens is 326 g/mol. The van der Waals surface area contributed by atoms with Crippen molar-refractivity contribution in [3.8, 4) is 0 Å². The molecule has 0 spiro atoms. The molecule has 4 atom stereocenters. The van der Waals surface area contributed by atoms with Gasteiger partial charge in [0.05, 0.1) is 4.90 Å². The second kappa shape index (κ2) is 4.06. The smallest absolute Gasteiger partial charge is 0.207 e. The van der Waals surface area contributed by atoms with Crippen LogP contribution in [0.2, 0.25) is 0 Å². The van der Waals surface area contributed by atoms with E-state index in [4.69, 9.17) is 0 Å². The van der Waals surface area contributed by atoms with Gasteiger partial charge in [-0.25, -0.2) is 13.1 Å². The number of benzene rings is 1. The maximum atomic E-state index is 12.4. The molecule has 0 aromatic heterocycles. The summed E-state index contributed by atoms with van der Waals surface area (Å²) in [6.45, 7) is 0. The van der Waals surface area contributed by atoms with E-state index in [-0.39, 0.29) is 6.04 Å². The minimum absolute atomic E-state index is 0.198. The SMILES string of the molecule is O=S(=O)(NC1C2C3CCC(C3)C12)c1ccccc1Br. The van der Waals surface area contributed by atoms with E-state index in [1.54, 1.807) is 18.2 Å². The highest BCUT2D eigenvalue weighted by Crippen LogP contribution is 2.65. The predicted octanol–water partition coefficient (Wildman–Crippen LogP) is 2.77. The number of hydrogen-bond donors (Lipinski definition) is 1. The first kappa shape index (κ1) is 12.4. The zero-order valence-electron chi connectivity index (χ0n) is 10.4. The molecule has 4 rings (SSSR count). The topological polar surface area (TPSA) is 46.2 Å². The third-order valence-electron chi connectivity index (χ3n) is 5.15. The van der Waals surface area contributed by atoms with Crippen LogP contribution in [0, 0.1) is 23.7 Å². The first-order chi connectivity index (χ1) is 9.08. The van der Waals surface area contributed by atoms with E-state index in [0.717, 1.165) is 11.8 Å². The van der Waals surface area contributed by atoms with E-state index in [1.807, 2.05) is 6.07 Å². The number of halogens is 1. The molecule has 5 heteroatoms. The lowest BCUT2D eigenvalue weighted by Crippen LogP contribution is -2.30. The fourth-order valence-electron chi connectivity index (χ4n) is 4.39. The molecule has 3 aliphatic rings. The van der Waals surface area contributed by atoms with E-state index in [2.05, 4.69) is 20.7 Å². The maximum Gasteiger partial charge on any atom is 0.241 e. The molecule has 0 amide bonds. The molecule has 3 nitrogen and oxygen atoms in total. The van der Waals surface area contributed by atoms with Gasteiger partial charge in [0.2, 0.25) is 10.0 Å². The molecule has 1 aromatic rings. The first-order valence-electron chi connectivity index (χ1n) is 6.85. The van der Waals surface area contributed by atoms with Crippen LogP contribution in [-0.4, -0.2) is 14.5 Å². The highest BCUT2D eigenvalue weighted by atomic mass is 79.9. The van der Waals surface area contributed by atoms with Crippen molar-refractivity contribution >= 4 is 26.0 Å². The molecule has 2 bridgehead atoms. The highest BCUT2D eigenvalue weighted by Gasteiger charge is 2.65. The molecule has 102 valence electrons. The summed E-state index contributed by atoms with van der Waals surface area (Å²) in [4.78, 5) is 0.354. The summed E-state index contributed by atoms with van der Waals surface area (Å²) in [7, 11) is -3.39. The highest BCUT2D eigenvalue weighted by molar-refractivity contribution is 9.10. The van der Waals surface area contributed by atoms with Gasteiger partial charge in [0, 0.05) is 10.5 Å². The van der Waals surface area contributed by atoms with Gasteiger partial charge in [-0.2, -0.15) is 0 Å². The van der Waals surface area contributed by atoms with Crippen LogP contribution >= 0.6 is 15.9 Å². The Morgan fingerprint density at radius 2 is 1.74 bits per heavy atom. The fourth-order valence-corrected chi connectivity index (χ4v) is 6.69. The van der Waals surface area contributed by atoms with E-state index in [0.29, 0.717) is 21.2 Å². The average molecular weight is 342 g/mol. The van der Waals surface area contributed by atoms with Gasteiger partial charge in [0.25, 0.3) is 0 Å². The molecule has 0 aliphatic heterocycles. The summed E-state index contributed by atoms with van der Waals surface area (Å²) in [6, 6.07) is 7.21. The Kier molecular flexibility index (Phi) is 2.64. The third kappa shape index (κ3) is 1.82. The molecular formula is C14H16BrNO2S. The normalized spacial score (nSPS) is 39.3. The molecule has 0 heterocycles. The minimum Gasteiger partial charge on any atom is -0.207 e.